The molecule has 108 valence electrons. The number of allylic oxidation sites excluding steroid dienone is 1. The fourth-order valence-electron chi connectivity index (χ4n) is 3.40. The van der Waals surface area contributed by atoms with Crippen LogP contribution in [0.15, 0.2) is 29.0 Å². The first kappa shape index (κ1) is 16.2. The number of aliphatic hydroxyl groups excluding tert-OH is 1. The van der Waals surface area contributed by atoms with Gasteiger partial charge in [-0.1, -0.05) is 19.9 Å². The van der Waals surface area contributed by atoms with E-state index < -0.39 is 11.2 Å². The van der Waals surface area contributed by atoms with E-state index in [2.05, 4.69) is 5.73 Å². The van der Waals surface area contributed by atoms with Crippen LogP contribution in [0, 0.1) is 5.41 Å². The highest BCUT2D eigenvalue weighted by molar-refractivity contribution is 5.30. The molecule has 0 radical (unpaired) electrons. The predicted molar refractivity (Wildman–Crippen MR) is 76.7 cm³/mol. The fraction of sp³-hybridized carbons (Fsp3) is 0.688. The standard InChI is InChI=1S/C16H26O3/c1-12(8-9-17)6-7-13-14(2,3)10-15(4,18)11-16(13,5)19/h6,8,17-19H,9-11H2,1-5H3/b12-8+/t7?,15-,16+/m1/s1. The van der Waals surface area contributed by atoms with Crippen molar-refractivity contribution in [1.82, 2.24) is 0 Å². The van der Waals surface area contributed by atoms with Gasteiger partial charge in [-0.15, -0.1) is 5.73 Å². The molecule has 0 aromatic rings. The van der Waals surface area contributed by atoms with Crippen LogP contribution in [-0.2, 0) is 0 Å². The van der Waals surface area contributed by atoms with Crippen molar-refractivity contribution in [2.45, 2.75) is 58.7 Å². The topological polar surface area (TPSA) is 60.7 Å². The maximum absolute atomic E-state index is 10.6. The van der Waals surface area contributed by atoms with Gasteiger partial charge in [0.25, 0.3) is 0 Å². The Bertz CT molecular complexity index is 411. The predicted octanol–water partition coefficient (Wildman–Crippen LogP) is 2.33. The molecule has 19 heavy (non-hydrogen) atoms. The van der Waals surface area contributed by atoms with Gasteiger partial charge in [-0.3, -0.25) is 0 Å². The molecule has 0 aromatic heterocycles. The fourth-order valence-corrected chi connectivity index (χ4v) is 3.40. The van der Waals surface area contributed by atoms with Crippen molar-refractivity contribution in [2.75, 3.05) is 6.61 Å². The van der Waals surface area contributed by atoms with E-state index in [1.807, 2.05) is 20.8 Å². The van der Waals surface area contributed by atoms with E-state index in [0.29, 0.717) is 12.8 Å². The van der Waals surface area contributed by atoms with Gasteiger partial charge in [-0.25, -0.2) is 0 Å². The normalized spacial score (nSPS) is 34.9. The zero-order chi connectivity index (χ0) is 14.9. The van der Waals surface area contributed by atoms with Gasteiger partial charge in [0.15, 0.2) is 0 Å². The third-order valence-corrected chi connectivity index (χ3v) is 3.62. The van der Waals surface area contributed by atoms with E-state index >= 15 is 0 Å². The summed E-state index contributed by atoms with van der Waals surface area (Å²) in [4.78, 5) is 0. The third-order valence-electron chi connectivity index (χ3n) is 3.62. The summed E-state index contributed by atoms with van der Waals surface area (Å²) < 4.78 is 0. The Morgan fingerprint density at radius 2 is 1.79 bits per heavy atom. The summed E-state index contributed by atoms with van der Waals surface area (Å²) >= 11 is 0. The molecule has 1 aliphatic rings. The maximum atomic E-state index is 10.6. The van der Waals surface area contributed by atoms with Gasteiger partial charge in [-0.05, 0) is 44.3 Å². The van der Waals surface area contributed by atoms with Crippen molar-refractivity contribution in [1.29, 1.82) is 0 Å². The van der Waals surface area contributed by atoms with Crippen molar-refractivity contribution in [3.63, 3.8) is 0 Å². The molecule has 0 heterocycles. The Morgan fingerprint density at radius 3 is 2.26 bits per heavy atom. The molecule has 3 heteroatoms. The van der Waals surface area contributed by atoms with Crippen LogP contribution in [0.2, 0.25) is 0 Å². The quantitative estimate of drug-likeness (QED) is 0.531. The molecule has 0 saturated heterocycles. The van der Waals surface area contributed by atoms with Crippen LogP contribution in [-0.4, -0.2) is 33.1 Å². The first-order chi connectivity index (χ1) is 8.50. The van der Waals surface area contributed by atoms with E-state index in [1.54, 1.807) is 26.0 Å². The van der Waals surface area contributed by atoms with Crippen LogP contribution in [0.4, 0.5) is 0 Å². The minimum absolute atomic E-state index is 0.00611. The Labute approximate surface area is 116 Å². The van der Waals surface area contributed by atoms with Gasteiger partial charge in [0.1, 0.15) is 0 Å². The summed E-state index contributed by atoms with van der Waals surface area (Å²) in [5, 5.41) is 29.7. The highest BCUT2D eigenvalue weighted by atomic mass is 16.3. The summed E-state index contributed by atoms with van der Waals surface area (Å²) in [6.45, 7) is 9.38. The molecular weight excluding hydrogens is 240 g/mol. The molecule has 0 amide bonds. The van der Waals surface area contributed by atoms with Crippen molar-refractivity contribution in [2.24, 2.45) is 5.41 Å². The number of hydrogen-bond acceptors (Lipinski definition) is 3. The second kappa shape index (κ2) is 5.26. The second-order valence-electron chi connectivity index (χ2n) is 6.80. The lowest BCUT2D eigenvalue weighted by molar-refractivity contribution is -0.0834. The SMILES string of the molecule is C/C(C=C=C1C(C)(C)C[C@@](C)(O)C[C@]1(C)O)=C\CO. The smallest absolute Gasteiger partial charge is 0.0934 e. The Hall–Kier alpha value is -0.860. The molecule has 1 fully saturated rings. The van der Waals surface area contributed by atoms with E-state index in [4.69, 9.17) is 5.11 Å². The van der Waals surface area contributed by atoms with E-state index in [1.165, 1.54) is 0 Å². The summed E-state index contributed by atoms with van der Waals surface area (Å²) in [5.41, 5.74) is 2.63. The minimum atomic E-state index is -1.07. The largest absolute Gasteiger partial charge is 0.392 e. The number of aliphatic hydroxyl groups is 3. The van der Waals surface area contributed by atoms with E-state index in [9.17, 15) is 10.2 Å². The molecule has 0 unspecified atom stereocenters. The summed E-state index contributed by atoms with van der Waals surface area (Å²) in [6.07, 6.45) is 4.37. The first-order valence-corrected chi connectivity index (χ1v) is 6.70. The first-order valence-electron chi connectivity index (χ1n) is 6.70. The van der Waals surface area contributed by atoms with Gasteiger partial charge in [0, 0.05) is 12.0 Å². The third kappa shape index (κ3) is 4.05. The number of hydrogen-bond donors (Lipinski definition) is 3. The molecule has 0 spiro atoms. The van der Waals surface area contributed by atoms with Gasteiger partial charge < -0.3 is 15.3 Å². The molecule has 0 aromatic carbocycles. The number of rotatable bonds is 2. The van der Waals surface area contributed by atoms with Gasteiger partial charge in [0.05, 0.1) is 17.8 Å². The van der Waals surface area contributed by atoms with Crippen molar-refractivity contribution >= 4 is 0 Å². The molecule has 1 rings (SSSR count). The molecule has 0 aliphatic heterocycles. The average molecular weight is 266 g/mol. The lowest BCUT2D eigenvalue weighted by atomic mass is 9.61. The molecule has 3 nitrogen and oxygen atoms in total. The Kier molecular flexibility index (Phi) is 4.48. The average Bonchev–Trinajstić information content (AvgIpc) is 2.11. The van der Waals surface area contributed by atoms with Crippen molar-refractivity contribution in [3.8, 4) is 0 Å². The summed E-state index contributed by atoms with van der Waals surface area (Å²) in [7, 11) is 0. The van der Waals surface area contributed by atoms with Crippen molar-refractivity contribution < 1.29 is 15.3 Å². The van der Waals surface area contributed by atoms with Crippen LogP contribution in [0.3, 0.4) is 0 Å². The van der Waals surface area contributed by atoms with Crippen LogP contribution in [0.25, 0.3) is 0 Å². The monoisotopic (exact) mass is 266 g/mol. The van der Waals surface area contributed by atoms with Crippen LogP contribution >= 0.6 is 0 Å². The van der Waals surface area contributed by atoms with Gasteiger partial charge in [0.2, 0.25) is 0 Å². The zero-order valence-electron chi connectivity index (χ0n) is 12.6. The zero-order valence-corrected chi connectivity index (χ0v) is 12.6. The van der Waals surface area contributed by atoms with Gasteiger partial charge in [-0.2, -0.15) is 0 Å². The highest BCUT2D eigenvalue weighted by Crippen LogP contribution is 2.49. The van der Waals surface area contributed by atoms with Crippen molar-refractivity contribution in [3.05, 3.63) is 29.0 Å². The molecular formula is C16H26O3. The second-order valence-corrected chi connectivity index (χ2v) is 6.80. The molecule has 1 saturated carbocycles. The summed E-state index contributed by atoms with van der Waals surface area (Å²) in [6, 6.07) is 0. The van der Waals surface area contributed by atoms with Crippen LogP contribution in [0.1, 0.15) is 47.5 Å². The highest BCUT2D eigenvalue weighted by Gasteiger charge is 2.49. The lowest BCUT2D eigenvalue weighted by Crippen LogP contribution is -2.50. The molecule has 0 bridgehead atoms. The lowest BCUT2D eigenvalue weighted by Gasteiger charge is -2.48. The Morgan fingerprint density at radius 1 is 1.21 bits per heavy atom. The maximum Gasteiger partial charge on any atom is 0.0934 e. The van der Waals surface area contributed by atoms with Gasteiger partial charge >= 0.3 is 0 Å². The molecule has 3 N–H and O–H groups in total. The molecule has 1 aliphatic carbocycles. The molecule has 2 atom stereocenters. The Balaban J connectivity index is 3.25. The van der Waals surface area contributed by atoms with E-state index in [0.717, 1.165) is 11.1 Å². The van der Waals surface area contributed by atoms with Crippen LogP contribution < -0.4 is 0 Å². The van der Waals surface area contributed by atoms with E-state index in [-0.39, 0.29) is 12.0 Å². The minimum Gasteiger partial charge on any atom is -0.392 e. The summed E-state index contributed by atoms with van der Waals surface area (Å²) in [5.74, 6) is 0. The van der Waals surface area contributed by atoms with Crippen LogP contribution in [0.5, 0.6) is 0 Å².